The predicted octanol–water partition coefficient (Wildman–Crippen LogP) is 8.86. The molecule has 3 aromatic carbocycles. The van der Waals surface area contributed by atoms with Crippen LogP contribution in [0.2, 0.25) is 0 Å². The summed E-state index contributed by atoms with van der Waals surface area (Å²) in [4.78, 5) is 14.5. The molecule has 0 saturated carbocycles. The maximum absolute atomic E-state index is 14.5. The third-order valence-corrected chi connectivity index (χ3v) is 8.59. The van der Waals surface area contributed by atoms with Crippen molar-refractivity contribution < 1.29 is 34.7 Å². The Labute approximate surface area is 274 Å². The van der Waals surface area contributed by atoms with E-state index in [1.807, 2.05) is 32.9 Å². The minimum absolute atomic E-state index is 0.0350. The average Bonchev–Trinajstić information content (AvgIpc) is 3.44. The van der Waals surface area contributed by atoms with E-state index in [2.05, 4.69) is 5.92 Å². The van der Waals surface area contributed by atoms with Crippen molar-refractivity contribution in [3.63, 3.8) is 0 Å². The number of furan rings is 1. The molecule has 5 N–H and O–H groups in total. The van der Waals surface area contributed by atoms with Crippen LogP contribution in [-0.4, -0.2) is 31.3 Å². The van der Waals surface area contributed by atoms with Gasteiger partial charge in [-0.15, -0.1) is 6.42 Å². The van der Waals surface area contributed by atoms with Crippen LogP contribution in [0.1, 0.15) is 66.8 Å². The highest BCUT2D eigenvalue weighted by Gasteiger charge is 2.40. The number of benzene rings is 3. The molecular formula is C40H38O7. The smallest absolute Gasteiger partial charge is 0.170 e. The summed E-state index contributed by atoms with van der Waals surface area (Å²) < 4.78 is 5.92. The van der Waals surface area contributed by atoms with Crippen LogP contribution in [0.5, 0.6) is 23.0 Å². The highest BCUT2D eigenvalue weighted by atomic mass is 16.3. The molecule has 5 rings (SSSR count). The van der Waals surface area contributed by atoms with E-state index in [0.29, 0.717) is 23.3 Å². The van der Waals surface area contributed by atoms with E-state index in [0.717, 1.165) is 22.1 Å². The molecule has 0 radical (unpaired) electrons. The largest absolute Gasteiger partial charge is 0.512 e. The molecule has 0 saturated heterocycles. The van der Waals surface area contributed by atoms with Gasteiger partial charge < -0.3 is 29.9 Å². The van der Waals surface area contributed by atoms with E-state index in [1.54, 1.807) is 42.5 Å². The Morgan fingerprint density at radius 3 is 2.43 bits per heavy atom. The van der Waals surface area contributed by atoms with Gasteiger partial charge in [-0.1, -0.05) is 41.4 Å². The molecule has 1 aliphatic rings. The Balaban J connectivity index is 1.56. The van der Waals surface area contributed by atoms with Gasteiger partial charge in [-0.25, -0.2) is 0 Å². The van der Waals surface area contributed by atoms with Gasteiger partial charge in [0, 0.05) is 34.9 Å². The summed E-state index contributed by atoms with van der Waals surface area (Å²) in [5.74, 6) is 0.799. The first-order valence-corrected chi connectivity index (χ1v) is 15.4. The van der Waals surface area contributed by atoms with Crippen molar-refractivity contribution in [1.29, 1.82) is 0 Å². The van der Waals surface area contributed by atoms with Gasteiger partial charge in [0.1, 0.15) is 34.3 Å². The number of Topliss-reactive ketones (excluding diaryl/α,β-unsaturated/α-hetero) is 1. The van der Waals surface area contributed by atoms with Gasteiger partial charge >= 0.3 is 0 Å². The summed E-state index contributed by atoms with van der Waals surface area (Å²) in [6.45, 7) is 5.80. The minimum Gasteiger partial charge on any atom is -0.512 e. The maximum atomic E-state index is 14.5. The number of rotatable bonds is 9. The first-order chi connectivity index (χ1) is 22.4. The molecule has 7 heteroatoms. The molecule has 1 aromatic heterocycles. The molecule has 0 bridgehead atoms. The van der Waals surface area contributed by atoms with E-state index >= 15 is 0 Å². The number of fused-ring (bicyclic) bond motifs is 1. The van der Waals surface area contributed by atoms with Crippen molar-refractivity contribution in [3.05, 3.63) is 124 Å². The third kappa shape index (κ3) is 7.29. The van der Waals surface area contributed by atoms with E-state index < -0.39 is 11.8 Å². The van der Waals surface area contributed by atoms with Gasteiger partial charge in [0.2, 0.25) is 0 Å². The Hall–Kier alpha value is -5.61. The van der Waals surface area contributed by atoms with Crippen molar-refractivity contribution >= 4 is 22.3 Å². The number of hydrogen-bond acceptors (Lipinski definition) is 7. The van der Waals surface area contributed by atoms with Crippen molar-refractivity contribution in [3.8, 4) is 35.3 Å². The van der Waals surface area contributed by atoms with Crippen molar-refractivity contribution in [2.45, 2.75) is 46.0 Å². The van der Waals surface area contributed by atoms with Gasteiger partial charge in [0.15, 0.2) is 5.78 Å². The number of aromatic hydroxyl groups is 4. The highest BCUT2D eigenvalue weighted by molar-refractivity contribution is 6.02. The summed E-state index contributed by atoms with van der Waals surface area (Å²) in [7, 11) is 0. The zero-order chi connectivity index (χ0) is 33.8. The van der Waals surface area contributed by atoms with Crippen LogP contribution in [0, 0.1) is 24.2 Å². The van der Waals surface area contributed by atoms with Gasteiger partial charge in [-0.3, -0.25) is 4.79 Å². The summed E-state index contributed by atoms with van der Waals surface area (Å²) in [5, 5.41) is 53.8. The zero-order valence-corrected chi connectivity index (χ0v) is 26.6. The van der Waals surface area contributed by atoms with E-state index in [1.165, 1.54) is 30.4 Å². The lowest BCUT2D eigenvalue weighted by Crippen LogP contribution is -2.33. The number of carbonyl (C=O) groups excluding carboxylic acids is 1. The summed E-state index contributed by atoms with van der Waals surface area (Å²) in [6, 6.07) is 16.1. The topological polar surface area (TPSA) is 131 Å². The number of carbonyl (C=O) groups is 1. The third-order valence-electron chi connectivity index (χ3n) is 8.59. The van der Waals surface area contributed by atoms with E-state index in [-0.39, 0.29) is 64.4 Å². The van der Waals surface area contributed by atoms with Crippen LogP contribution in [0.15, 0.2) is 106 Å². The molecule has 3 atom stereocenters. The first kappa shape index (κ1) is 32.8. The second-order valence-corrected chi connectivity index (χ2v) is 12.4. The van der Waals surface area contributed by atoms with Crippen LogP contribution in [0.4, 0.5) is 0 Å². The van der Waals surface area contributed by atoms with Crippen molar-refractivity contribution in [1.82, 2.24) is 0 Å². The number of phenolic OH excluding ortho intramolecular Hbond substituents is 4. The summed E-state index contributed by atoms with van der Waals surface area (Å²) >= 11 is 0. The van der Waals surface area contributed by atoms with Gasteiger partial charge in [-0.05, 0) is 106 Å². The number of phenols is 4. The molecule has 1 aliphatic carbocycles. The van der Waals surface area contributed by atoms with Crippen LogP contribution < -0.4 is 0 Å². The van der Waals surface area contributed by atoms with Crippen molar-refractivity contribution in [2.24, 2.45) is 11.8 Å². The quantitative estimate of drug-likeness (QED) is 0.0410. The fourth-order valence-electron chi connectivity index (χ4n) is 6.35. The van der Waals surface area contributed by atoms with E-state index in [4.69, 9.17) is 10.8 Å². The Morgan fingerprint density at radius 2 is 1.72 bits per heavy atom. The molecule has 4 aromatic rings. The normalized spacial score (nSPS) is 18.4. The van der Waals surface area contributed by atoms with Crippen LogP contribution in [0.25, 0.3) is 16.5 Å². The second kappa shape index (κ2) is 13.8. The first-order valence-electron chi connectivity index (χ1n) is 15.4. The predicted molar refractivity (Wildman–Crippen MR) is 183 cm³/mol. The lowest BCUT2D eigenvalue weighted by atomic mass is 9.66. The molecule has 1 heterocycles. The number of terminal acetylenes is 1. The van der Waals surface area contributed by atoms with Crippen LogP contribution >= 0.6 is 0 Å². The fourth-order valence-corrected chi connectivity index (χ4v) is 6.35. The molecule has 0 fully saturated rings. The molecule has 0 spiro atoms. The number of allylic oxidation sites excluding steroid dienone is 8. The molecule has 3 unspecified atom stereocenters. The summed E-state index contributed by atoms with van der Waals surface area (Å²) in [6.07, 6.45) is 13.4. The second-order valence-electron chi connectivity index (χ2n) is 12.4. The van der Waals surface area contributed by atoms with Crippen LogP contribution in [-0.2, 0) is 6.42 Å². The lowest BCUT2D eigenvalue weighted by Gasteiger charge is -2.36. The number of hydrogen-bond donors (Lipinski definition) is 5. The molecule has 0 aliphatic heterocycles. The number of aliphatic hydroxyl groups is 1. The number of aliphatic hydroxyl groups excluding tert-OH is 1. The van der Waals surface area contributed by atoms with Gasteiger partial charge in [0.25, 0.3) is 0 Å². The maximum Gasteiger partial charge on any atom is 0.170 e. The Bertz CT molecular complexity index is 1980. The van der Waals surface area contributed by atoms with Crippen molar-refractivity contribution in [2.75, 3.05) is 0 Å². The SMILES string of the molecule is C#C/C=C(\C=C(\O)CC1C=C(C)CC(c2ccc(O)cc2)C1C(=O)c1ccc(O)c(CC=C(C)C)c1O)c1cc2ccc(O)cc2o1. The molecule has 240 valence electrons. The van der Waals surface area contributed by atoms with E-state index in [9.17, 15) is 30.3 Å². The lowest BCUT2D eigenvalue weighted by molar-refractivity contribution is 0.0845. The fraction of sp³-hybridized carbons (Fsp3) is 0.225. The monoisotopic (exact) mass is 630 g/mol. The highest BCUT2D eigenvalue weighted by Crippen LogP contribution is 2.46. The van der Waals surface area contributed by atoms with Gasteiger partial charge in [0.05, 0.1) is 11.3 Å². The Kier molecular flexibility index (Phi) is 9.62. The average molecular weight is 631 g/mol. The number of ketones is 1. The zero-order valence-electron chi connectivity index (χ0n) is 26.6. The Morgan fingerprint density at radius 1 is 1.00 bits per heavy atom. The van der Waals surface area contributed by atoms with Gasteiger partial charge in [-0.2, -0.15) is 0 Å². The van der Waals surface area contributed by atoms with Crippen LogP contribution in [0.3, 0.4) is 0 Å². The molecular weight excluding hydrogens is 592 g/mol. The standard InChI is InChI=1S/C40H38O7/c1-5-6-26(36-21-27-10-13-30(42)22-37(27)47-36)19-31(43)20-28-17-24(4)18-34(25-8-11-29(41)12-9-25)38(28)40(46)33-15-16-35(44)32(39(33)45)14-7-23(2)3/h1,6-13,15-17,19,21-22,28,34,38,41-45H,14,18,20H2,2-4H3/b26-6+,31-19+. The molecule has 47 heavy (non-hydrogen) atoms. The molecule has 0 amide bonds. The summed E-state index contributed by atoms with van der Waals surface area (Å²) in [5.41, 5.74) is 4.13. The minimum atomic E-state index is -0.709. The molecule has 7 nitrogen and oxygen atoms in total.